The third kappa shape index (κ3) is 4.79. The van der Waals surface area contributed by atoms with E-state index in [-0.39, 0.29) is 5.41 Å². The Kier molecular flexibility index (Phi) is 6.99. The van der Waals surface area contributed by atoms with Crippen molar-refractivity contribution in [1.82, 2.24) is 15.4 Å². The van der Waals surface area contributed by atoms with Crippen molar-refractivity contribution in [2.75, 3.05) is 0 Å². The van der Waals surface area contributed by atoms with Crippen molar-refractivity contribution in [3.05, 3.63) is 11.9 Å². The summed E-state index contributed by atoms with van der Waals surface area (Å²) in [7, 11) is 0. The topological polar surface area (TPSA) is 41.6 Å². The quantitative estimate of drug-likeness (QED) is 0.617. The Morgan fingerprint density at radius 1 is 1.00 bits per heavy atom. The van der Waals surface area contributed by atoms with Crippen molar-refractivity contribution in [3.63, 3.8) is 0 Å². The van der Waals surface area contributed by atoms with Gasteiger partial charge in [0.25, 0.3) is 0 Å². The Morgan fingerprint density at radius 2 is 1.67 bits per heavy atom. The minimum Gasteiger partial charge on any atom is -0.262 e. The molecule has 0 spiro atoms. The highest BCUT2D eigenvalue weighted by Gasteiger charge is 2.27. The molecule has 0 aliphatic heterocycles. The monoisotopic (exact) mass is 251 g/mol. The highest BCUT2D eigenvalue weighted by atomic mass is 15.3. The molecule has 18 heavy (non-hydrogen) atoms. The average Bonchev–Trinajstić information content (AvgIpc) is 2.90. The summed E-state index contributed by atoms with van der Waals surface area (Å²) in [5.74, 6) is 0. The molecule has 0 amide bonds. The first-order valence-electron chi connectivity index (χ1n) is 7.59. The van der Waals surface area contributed by atoms with E-state index in [0.717, 1.165) is 0 Å². The average molecular weight is 251 g/mol. The predicted octanol–water partition coefficient (Wildman–Crippen LogP) is 4.61. The van der Waals surface area contributed by atoms with Crippen LogP contribution in [0.25, 0.3) is 0 Å². The molecule has 0 aliphatic rings. The Balaban J connectivity index is 2.45. The lowest BCUT2D eigenvalue weighted by Gasteiger charge is -2.28. The molecule has 0 aliphatic carbocycles. The molecule has 1 N–H and O–H groups in total. The number of nitrogens with one attached hydrogen (secondary N) is 1. The molecular weight excluding hydrogens is 222 g/mol. The van der Waals surface area contributed by atoms with Crippen LogP contribution in [0.1, 0.15) is 84.3 Å². The summed E-state index contributed by atoms with van der Waals surface area (Å²) in [6.45, 7) is 6.88. The lowest BCUT2D eigenvalue weighted by molar-refractivity contribution is 0.359. The van der Waals surface area contributed by atoms with Gasteiger partial charge in [-0.05, 0) is 12.8 Å². The van der Waals surface area contributed by atoms with E-state index in [1.54, 1.807) is 0 Å². The van der Waals surface area contributed by atoms with Crippen LogP contribution in [0.4, 0.5) is 0 Å². The number of hydrogen-bond acceptors (Lipinski definition) is 2. The van der Waals surface area contributed by atoms with Gasteiger partial charge >= 0.3 is 0 Å². The summed E-state index contributed by atoms with van der Waals surface area (Å²) < 4.78 is 0. The van der Waals surface area contributed by atoms with Crippen LogP contribution in [0.15, 0.2) is 6.20 Å². The van der Waals surface area contributed by atoms with Crippen LogP contribution in [0.5, 0.6) is 0 Å². The molecule has 1 heterocycles. The molecule has 104 valence electrons. The molecule has 0 bridgehead atoms. The van der Waals surface area contributed by atoms with Gasteiger partial charge in [0, 0.05) is 5.41 Å². The minimum absolute atomic E-state index is 0.242. The fourth-order valence-corrected chi connectivity index (χ4v) is 2.57. The van der Waals surface area contributed by atoms with E-state index in [2.05, 4.69) is 36.2 Å². The van der Waals surface area contributed by atoms with Crippen LogP contribution in [-0.2, 0) is 5.41 Å². The Morgan fingerprint density at radius 3 is 2.28 bits per heavy atom. The van der Waals surface area contributed by atoms with Crippen LogP contribution < -0.4 is 0 Å². The van der Waals surface area contributed by atoms with Crippen LogP contribution in [0.3, 0.4) is 0 Å². The molecule has 1 rings (SSSR count). The molecule has 1 atom stereocenters. The van der Waals surface area contributed by atoms with Gasteiger partial charge in [-0.25, -0.2) is 0 Å². The fourth-order valence-electron chi connectivity index (χ4n) is 2.57. The second-order valence-corrected chi connectivity index (χ2v) is 5.70. The van der Waals surface area contributed by atoms with Crippen LogP contribution in [0.2, 0.25) is 0 Å². The number of unbranched alkanes of at least 4 members (excludes halogenated alkanes) is 5. The van der Waals surface area contributed by atoms with Gasteiger partial charge in [-0.1, -0.05) is 70.9 Å². The molecule has 3 heteroatoms. The van der Waals surface area contributed by atoms with Crippen molar-refractivity contribution < 1.29 is 0 Å². The predicted molar refractivity (Wildman–Crippen MR) is 76.6 cm³/mol. The first-order valence-corrected chi connectivity index (χ1v) is 7.59. The minimum atomic E-state index is 0.242. The maximum atomic E-state index is 3.95. The summed E-state index contributed by atoms with van der Waals surface area (Å²) >= 11 is 0. The Labute approximate surface area is 112 Å². The van der Waals surface area contributed by atoms with Crippen LogP contribution in [-0.4, -0.2) is 15.4 Å². The molecule has 1 aromatic heterocycles. The van der Waals surface area contributed by atoms with Gasteiger partial charge in [0.1, 0.15) is 0 Å². The van der Waals surface area contributed by atoms with Gasteiger partial charge in [0.15, 0.2) is 0 Å². The van der Waals surface area contributed by atoms with Gasteiger partial charge in [0.2, 0.25) is 0 Å². The summed E-state index contributed by atoms with van der Waals surface area (Å²) in [6.07, 6.45) is 13.7. The maximum Gasteiger partial charge on any atom is 0.0728 e. The van der Waals surface area contributed by atoms with Crippen molar-refractivity contribution in [3.8, 4) is 0 Å². The van der Waals surface area contributed by atoms with Gasteiger partial charge < -0.3 is 0 Å². The normalized spacial score (nSPS) is 14.6. The maximum absolute atomic E-state index is 3.95. The first kappa shape index (κ1) is 15.2. The molecule has 1 aromatic rings. The molecule has 0 saturated heterocycles. The highest BCUT2D eigenvalue weighted by molar-refractivity contribution is 5.09. The third-order valence-electron chi connectivity index (χ3n) is 3.98. The number of rotatable bonds is 10. The van der Waals surface area contributed by atoms with Gasteiger partial charge in [-0.15, -0.1) is 5.10 Å². The number of aromatic nitrogens is 3. The standard InChI is InChI=1S/C15H29N3/c1-4-6-8-9-10-12-15(3,11-7-5-2)14-13-16-18-17-14/h13H,4-12H2,1-3H3,(H,16,17,18). The van der Waals surface area contributed by atoms with Crippen molar-refractivity contribution in [2.24, 2.45) is 0 Å². The second-order valence-electron chi connectivity index (χ2n) is 5.70. The zero-order chi connectivity index (χ0) is 13.3. The fraction of sp³-hybridized carbons (Fsp3) is 0.867. The number of nitrogens with zero attached hydrogens (tertiary/aromatic N) is 2. The largest absolute Gasteiger partial charge is 0.262 e. The van der Waals surface area contributed by atoms with Gasteiger partial charge in [0.05, 0.1) is 11.9 Å². The summed E-state index contributed by atoms with van der Waals surface area (Å²) in [5, 5.41) is 10.9. The van der Waals surface area contributed by atoms with E-state index in [4.69, 9.17) is 0 Å². The Hall–Kier alpha value is -0.860. The number of H-pyrrole nitrogens is 1. The first-order chi connectivity index (χ1) is 8.73. The van der Waals surface area contributed by atoms with Crippen molar-refractivity contribution in [1.29, 1.82) is 0 Å². The molecule has 0 fully saturated rings. The van der Waals surface area contributed by atoms with E-state index < -0.39 is 0 Å². The third-order valence-corrected chi connectivity index (χ3v) is 3.98. The van der Waals surface area contributed by atoms with Crippen molar-refractivity contribution >= 4 is 0 Å². The van der Waals surface area contributed by atoms with Gasteiger partial charge in [-0.2, -0.15) is 0 Å². The molecule has 0 aromatic carbocycles. The highest BCUT2D eigenvalue weighted by Crippen LogP contribution is 2.33. The van der Waals surface area contributed by atoms with E-state index in [1.165, 1.54) is 63.5 Å². The molecular formula is C15H29N3. The smallest absolute Gasteiger partial charge is 0.0728 e. The lowest BCUT2D eigenvalue weighted by atomic mass is 9.77. The second kappa shape index (κ2) is 8.28. The summed E-state index contributed by atoms with van der Waals surface area (Å²) in [6, 6.07) is 0. The molecule has 0 saturated carbocycles. The molecule has 3 nitrogen and oxygen atoms in total. The summed E-state index contributed by atoms with van der Waals surface area (Å²) in [5.41, 5.74) is 1.46. The van der Waals surface area contributed by atoms with Crippen molar-refractivity contribution in [2.45, 2.75) is 84.0 Å². The molecule has 1 unspecified atom stereocenters. The number of aromatic amines is 1. The lowest BCUT2D eigenvalue weighted by Crippen LogP contribution is -2.22. The van der Waals surface area contributed by atoms with E-state index in [9.17, 15) is 0 Å². The van der Waals surface area contributed by atoms with E-state index in [1.807, 2.05) is 6.20 Å². The zero-order valence-corrected chi connectivity index (χ0v) is 12.3. The SMILES string of the molecule is CCCCCCCC(C)(CCCC)c1cnn[nH]1. The van der Waals surface area contributed by atoms with Crippen LogP contribution in [0, 0.1) is 0 Å². The van der Waals surface area contributed by atoms with E-state index >= 15 is 0 Å². The number of hydrogen-bond donors (Lipinski definition) is 1. The molecule has 0 radical (unpaired) electrons. The Bertz CT molecular complexity index is 295. The zero-order valence-electron chi connectivity index (χ0n) is 12.3. The van der Waals surface area contributed by atoms with Gasteiger partial charge in [-0.3, -0.25) is 5.10 Å². The summed E-state index contributed by atoms with van der Waals surface area (Å²) in [4.78, 5) is 0. The van der Waals surface area contributed by atoms with Crippen LogP contribution >= 0.6 is 0 Å². The van der Waals surface area contributed by atoms with E-state index in [0.29, 0.717) is 0 Å².